The van der Waals surface area contributed by atoms with E-state index in [0.29, 0.717) is 5.78 Å². The molecule has 0 amide bonds. The van der Waals surface area contributed by atoms with Gasteiger partial charge in [-0.25, -0.2) is 0 Å². The highest BCUT2D eigenvalue weighted by Crippen LogP contribution is 2.45. The van der Waals surface area contributed by atoms with E-state index in [1.807, 2.05) is 0 Å². The van der Waals surface area contributed by atoms with E-state index in [4.69, 9.17) is 0 Å². The summed E-state index contributed by atoms with van der Waals surface area (Å²) >= 11 is 0. The van der Waals surface area contributed by atoms with Crippen molar-refractivity contribution < 1.29 is 4.79 Å². The van der Waals surface area contributed by atoms with Gasteiger partial charge in [0.15, 0.2) is 0 Å². The minimum Gasteiger partial charge on any atom is -0.300 e. The lowest BCUT2D eigenvalue weighted by Crippen LogP contribution is -1.98. The Kier molecular flexibility index (Phi) is 6.23. The van der Waals surface area contributed by atoms with Crippen LogP contribution in [0.25, 0.3) is 0 Å². The maximum absolute atomic E-state index is 11.7. The van der Waals surface area contributed by atoms with Crippen LogP contribution in [-0.4, -0.2) is 5.78 Å². The summed E-state index contributed by atoms with van der Waals surface area (Å²) in [6.45, 7) is 0. The fourth-order valence-corrected chi connectivity index (χ4v) is 3.48. The van der Waals surface area contributed by atoms with Gasteiger partial charge in [0.1, 0.15) is 5.78 Å². The molecule has 18 heavy (non-hydrogen) atoms. The lowest BCUT2D eigenvalue weighted by Gasteiger charge is -2.05. The molecule has 0 aromatic rings. The van der Waals surface area contributed by atoms with Gasteiger partial charge in [-0.1, -0.05) is 57.8 Å². The van der Waals surface area contributed by atoms with E-state index in [0.717, 1.165) is 37.5 Å². The molecule has 0 spiro atoms. The van der Waals surface area contributed by atoms with Crippen molar-refractivity contribution in [2.75, 3.05) is 0 Å². The molecule has 0 aliphatic heterocycles. The Bertz CT molecular complexity index is 246. The predicted molar refractivity (Wildman–Crippen MR) is 76.6 cm³/mol. The topological polar surface area (TPSA) is 17.1 Å². The van der Waals surface area contributed by atoms with Crippen LogP contribution in [0.15, 0.2) is 0 Å². The summed E-state index contributed by atoms with van der Waals surface area (Å²) in [5.41, 5.74) is 0. The quantitative estimate of drug-likeness (QED) is 0.572. The Morgan fingerprint density at radius 2 is 1.06 bits per heavy atom. The number of rotatable bonds is 0. The number of carbonyl (C=O) groups excluding carboxylic acids is 1. The lowest BCUT2D eigenvalue weighted by molar-refractivity contribution is -0.119. The zero-order chi connectivity index (χ0) is 12.6. The Hall–Kier alpha value is -0.330. The summed E-state index contributed by atoms with van der Waals surface area (Å²) in [5.74, 6) is 2.62. The molecule has 1 nitrogen and oxygen atoms in total. The van der Waals surface area contributed by atoms with E-state index in [9.17, 15) is 4.79 Å². The van der Waals surface area contributed by atoms with E-state index < -0.39 is 0 Å². The van der Waals surface area contributed by atoms with Crippen LogP contribution in [0.1, 0.15) is 89.9 Å². The second-order valence-corrected chi connectivity index (χ2v) is 6.55. The largest absolute Gasteiger partial charge is 0.300 e. The third-order valence-corrected chi connectivity index (χ3v) is 4.88. The van der Waals surface area contributed by atoms with Crippen molar-refractivity contribution in [1.82, 2.24) is 0 Å². The molecular weight excluding hydrogens is 220 g/mol. The van der Waals surface area contributed by atoms with E-state index >= 15 is 0 Å². The third kappa shape index (κ3) is 5.54. The molecule has 0 bridgehead atoms. The molecule has 2 aliphatic carbocycles. The van der Waals surface area contributed by atoms with Gasteiger partial charge in [0.25, 0.3) is 0 Å². The minimum atomic E-state index is 0.523. The van der Waals surface area contributed by atoms with Crippen molar-refractivity contribution in [3.8, 4) is 0 Å². The van der Waals surface area contributed by atoms with Gasteiger partial charge in [0, 0.05) is 12.8 Å². The van der Waals surface area contributed by atoms with Crippen LogP contribution < -0.4 is 0 Å². The van der Waals surface area contributed by atoms with Gasteiger partial charge in [-0.2, -0.15) is 0 Å². The second-order valence-electron chi connectivity index (χ2n) is 6.55. The first kappa shape index (κ1) is 14.1. The smallest absolute Gasteiger partial charge is 0.132 e. The highest BCUT2D eigenvalue weighted by atomic mass is 16.1. The number of hydrogen-bond acceptors (Lipinski definition) is 1. The fraction of sp³-hybridized carbons (Fsp3) is 0.941. The van der Waals surface area contributed by atoms with E-state index in [-0.39, 0.29) is 0 Å². The zero-order valence-electron chi connectivity index (χ0n) is 12.0. The number of fused-ring (bicyclic) bond motifs is 1. The minimum absolute atomic E-state index is 0.523. The summed E-state index contributed by atoms with van der Waals surface area (Å²) in [6, 6.07) is 0. The molecule has 0 aromatic heterocycles. The predicted octanol–water partition coefficient (Wildman–Crippen LogP) is 5.28. The molecule has 0 saturated heterocycles. The van der Waals surface area contributed by atoms with E-state index in [1.54, 1.807) is 0 Å². The molecule has 0 heterocycles. The highest BCUT2D eigenvalue weighted by molar-refractivity contribution is 5.78. The maximum atomic E-state index is 11.7. The molecule has 0 radical (unpaired) electrons. The van der Waals surface area contributed by atoms with Crippen molar-refractivity contribution in [2.24, 2.45) is 11.8 Å². The van der Waals surface area contributed by atoms with Crippen molar-refractivity contribution in [3.63, 3.8) is 0 Å². The van der Waals surface area contributed by atoms with Crippen LogP contribution in [-0.2, 0) is 4.79 Å². The number of ketones is 1. The molecule has 104 valence electrons. The third-order valence-electron chi connectivity index (χ3n) is 4.88. The normalized spacial score (nSPS) is 32.8. The summed E-state index contributed by atoms with van der Waals surface area (Å²) in [5, 5.41) is 0. The van der Waals surface area contributed by atoms with Crippen molar-refractivity contribution >= 4 is 5.78 Å². The van der Waals surface area contributed by atoms with Gasteiger partial charge < -0.3 is 0 Å². The average Bonchev–Trinajstić information content (AvgIpc) is 3.10. The van der Waals surface area contributed by atoms with Crippen LogP contribution in [0.4, 0.5) is 0 Å². The molecule has 0 N–H and O–H groups in total. The summed E-state index contributed by atoms with van der Waals surface area (Å²) in [4.78, 5) is 11.7. The van der Waals surface area contributed by atoms with Gasteiger partial charge in [-0.05, 0) is 31.1 Å². The monoisotopic (exact) mass is 250 g/mol. The van der Waals surface area contributed by atoms with Gasteiger partial charge in [-0.3, -0.25) is 4.79 Å². The lowest BCUT2D eigenvalue weighted by atomic mass is 10.0. The molecule has 0 aromatic carbocycles. The summed E-state index contributed by atoms with van der Waals surface area (Å²) in [7, 11) is 0. The van der Waals surface area contributed by atoms with Crippen LogP contribution in [0.5, 0.6) is 0 Å². The summed E-state index contributed by atoms with van der Waals surface area (Å²) in [6.07, 6.45) is 18.0. The molecule has 2 aliphatic rings. The second kappa shape index (κ2) is 7.96. The summed E-state index contributed by atoms with van der Waals surface area (Å²) < 4.78 is 0. The number of hydrogen-bond donors (Lipinski definition) is 0. The van der Waals surface area contributed by atoms with Gasteiger partial charge in [-0.15, -0.1) is 0 Å². The first-order chi connectivity index (χ1) is 8.86. The molecule has 2 rings (SSSR count). The SMILES string of the molecule is O=C1CCCCCCCCCC2CC2CCCC1. The molecule has 2 fully saturated rings. The Balaban J connectivity index is 1.64. The van der Waals surface area contributed by atoms with E-state index in [2.05, 4.69) is 0 Å². The molecule has 2 atom stereocenters. The van der Waals surface area contributed by atoms with Gasteiger partial charge in [0.2, 0.25) is 0 Å². The maximum Gasteiger partial charge on any atom is 0.132 e. The fourth-order valence-electron chi connectivity index (χ4n) is 3.48. The first-order valence-corrected chi connectivity index (χ1v) is 8.38. The number of carbonyl (C=O) groups is 1. The van der Waals surface area contributed by atoms with Gasteiger partial charge in [0.05, 0.1) is 0 Å². The van der Waals surface area contributed by atoms with Gasteiger partial charge >= 0.3 is 0 Å². The van der Waals surface area contributed by atoms with Crippen molar-refractivity contribution in [3.05, 3.63) is 0 Å². The Morgan fingerprint density at radius 1 is 0.611 bits per heavy atom. The van der Waals surface area contributed by atoms with Crippen molar-refractivity contribution in [1.29, 1.82) is 0 Å². The number of Topliss-reactive ketones (excluding diaryl/α,β-unsaturated/α-hetero) is 1. The van der Waals surface area contributed by atoms with Crippen LogP contribution in [0, 0.1) is 11.8 Å². The van der Waals surface area contributed by atoms with Crippen LogP contribution in [0.3, 0.4) is 0 Å². The standard InChI is InChI=1S/C17H30O/c18-17-12-7-5-3-1-2-4-6-10-15-14-16(15)11-8-9-13-17/h15-16H,1-14H2. The van der Waals surface area contributed by atoms with Crippen molar-refractivity contribution in [2.45, 2.75) is 89.9 Å². The average molecular weight is 250 g/mol. The first-order valence-electron chi connectivity index (χ1n) is 8.38. The zero-order valence-corrected chi connectivity index (χ0v) is 12.0. The molecular formula is C17H30O. The Morgan fingerprint density at radius 3 is 1.72 bits per heavy atom. The van der Waals surface area contributed by atoms with Crippen LogP contribution in [0.2, 0.25) is 0 Å². The van der Waals surface area contributed by atoms with E-state index in [1.165, 1.54) is 64.2 Å². The molecule has 2 saturated carbocycles. The molecule has 1 heteroatoms. The van der Waals surface area contributed by atoms with Crippen LogP contribution >= 0.6 is 0 Å². The highest BCUT2D eigenvalue weighted by Gasteiger charge is 2.35. The Labute approximate surface area is 113 Å². The molecule has 2 unspecified atom stereocenters.